The van der Waals surface area contributed by atoms with Gasteiger partial charge in [0.05, 0.1) is 6.61 Å². The van der Waals surface area contributed by atoms with E-state index >= 15 is 0 Å². The molecule has 1 atom stereocenters. The molecule has 0 radical (unpaired) electrons. The maximum absolute atomic E-state index is 13.8. The van der Waals surface area contributed by atoms with E-state index in [4.69, 9.17) is 16.3 Å². The summed E-state index contributed by atoms with van der Waals surface area (Å²) in [6.45, 7) is 0.695. The molecule has 6 heteroatoms. The van der Waals surface area contributed by atoms with Gasteiger partial charge in [0.2, 0.25) is 11.8 Å². The average Bonchev–Trinajstić information content (AvgIpc) is 2.95. The number of para-hydroxylation sites is 1. The van der Waals surface area contributed by atoms with Crippen LogP contribution in [0.2, 0.25) is 5.02 Å². The van der Waals surface area contributed by atoms with E-state index < -0.39 is 6.04 Å². The van der Waals surface area contributed by atoms with Crippen molar-refractivity contribution >= 4 is 23.4 Å². The Bertz CT molecular complexity index is 1150. The third kappa shape index (κ3) is 8.35. The Labute approximate surface area is 231 Å². The second kappa shape index (κ2) is 14.6. The van der Waals surface area contributed by atoms with Gasteiger partial charge in [-0.1, -0.05) is 97.6 Å². The molecule has 0 bridgehead atoms. The fraction of sp³-hybridized carbons (Fsp3) is 0.375. The maximum atomic E-state index is 13.8. The van der Waals surface area contributed by atoms with E-state index in [1.165, 1.54) is 6.42 Å². The zero-order valence-electron chi connectivity index (χ0n) is 21.9. The molecule has 3 aromatic carbocycles. The fourth-order valence-electron chi connectivity index (χ4n) is 4.98. The summed E-state index contributed by atoms with van der Waals surface area (Å²) in [5.41, 5.74) is 1.84. The number of benzene rings is 3. The van der Waals surface area contributed by atoms with Crippen molar-refractivity contribution in [3.63, 3.8) is 0 Å². The van der Waals surface area contributed by atoms with E-state index in [9.17, 15) is 9.59 Å². The molecule has 0 spiro atoms. The van der Waals surface area contributed by atoms with Crippen LogP contribution < -0.4 is 10.1 Å². The maximum Gasteiger partial charge on any atom is 0.243 e. The zero-order valence-corrected chi connectivity index (χ0v) is 22.6. The number of hydrogen-bond donors (Lipinski definition) is 1. The first kappa shape index (κ1) is 27.7. The first-order valence-corrected chi connectivity index (χ1v) is 14.0. The first-order valence-electron chi connectivity index (χ1n) is 13.6. The van der Waals surface area contributed by atoms with Crippen LogP contribution in [0.5, 0.6) is 5.75 Å². The van der Waals surface area contributed by atoms with Crippen LogP contribution in [0.25, 0.3) is 0 Å². The Morgan fingerprint density at radius 1 is 0.895 bits per heavy atom. The van der Waals surface area contributed by atoms with Gasteiger partial charge >= 0.3 is 0 Å². The van der Waals surface area contributed by atoms with Gasteiger partial charge in [-0.05, 0) is 48.6 Å². The summed E-state index contributed by atoms with van der Waals surface area (Å²) in [7, 11) is 0. The molecule has 0 saturated heterocycles. The molecule has 1 aliphatic rings. The number of amides is 2. The van der Waals surface area contributed by atoms with Gasteiger partial charge in [0.1, 0.15) is 11.8 Å². The number of rotatable bonds is 12. The first-order chi connectivity index (χ1) is 18.6. The lowest BCUT2D eigenvalue weighted by molar-refractivity contribution is -0.141. The molecule has 0 unspecified atom stereocenters. The summed E-state index contributed by atoms with van der Waals surface area (Å²) in [5, 5.41) is 3.86. The van der Waals surface area contributed by atoms with Crippen molar-refractivity contribution in [3.8, 4) is 5.75 Å². The van der Waals surface area contributed by atoms with Crippen LogP contribution in [0.15, 0.2) is 84.9 Å². The van der Waals surface area contributed by atoms with Gasteiger partial charge in [-0.2, -0.15) is 0 Å². The Balaban J connectivity index is 1.53. The minimum atomic E-state index is -0.641. The molecule has 38 heavy (non-hydrogen) atoms. The second-order valence-electron chi connectivity index (χ2n) is 9.93. The van der Waals surface area contributed by atoms with Gasteiger partial charge in [0.25, 0.3) is 0 Å². The van der Waals surface area contributed by atoms with Crippen molar-refractivity contribution in [2.75, 3.05) is 6.61 Å². The fourth-order valence-corrected chi connectivity index (χ4v) is 5.18. The minimum Gasteiger partial charge on any atom is -0.494 e. The van der Waals surface area contributed by atoms with E-state index in [0.717, 1.165) is 42.6 Å². The van der Waals surface area contributed by atoms with E-state index in [0.29, 0.717) is 24.5 Å². The summed E-state index contributed by atoms with van der Waals surface area (Å²) in [5.74, 6) is 0.602. The smallest absolute Gasteiger partial charge is 0.243 e. The van der Waals surface area contributed by atoms with Gasteiger partial charge in [-0.3, -0.25) is 9.59 Å². The molecule has 5 nitrogen and oxygen atoms in total. The third-order valence-corrected chi connectivity index (χ3v) is 7.44. The van der Waals surface area contributed by atoms with Crippen LogP contribution in [-0.2, 0) is 22.6 Å². The quantitative estimate of drug-likeness (QED) is 0.268. The molecule has 1 N–H and O–H groups in total. The number of ether oxygens (including phenoxy) is 1. The topological polar surface area (TPSA) is 58.6 Å². The number of carbonyl (C=O) groups excluding carboxylic acids is 2. The highest BCUT2D eigenvalue weighted by molar-refractivity contribution is 6.31. The molecule has 0 heterocycles. The van der Waals surface area contributed by atoms with Gasteiger partial charge < -0.3 is 15.0 Å². The highest BCUT2D eigenvalue weighted by Gasteiger charge is 2.32. The number of carbonyl (C=O) groups is 2. The van der Waals surface area contributed by atoms with Gasteiger partial charge in [-0.25, -0.2) is 0 Å². The van der Waals surface area contributed by atoms with Crippen molar-refractivity contribution in [1.29, 1.82) is 0 Å². The van der Waals surface area contributed by atoms with Crippen LogP contribution in [0, 0.1) is 0 Å². The van der Waals surface area contributed by atoms with Gasteiger partial charge in [0.15, 0.2) is 0 Å². The molecular formula is C32H37ClN2O3. The van der Waals surface area contributed by atoms with E-state index in [2.05, 4.69) is 5.32 Å². The molecule has 0 aliphatic heterocycles. The molecule has 1 saturated carbocycles. The van der Waals surface area contributed by atoms with Crippen molar-refractivity contribution < 1.29 is 14.3 Å². The molecular weight excluding hydrogens is 496 g/mol. The SMILES string of the molecule is O=C(NC1CCCCC1)[C@@H](Cc1ccccc1)N(Cc1ccccc1Cl)C(=O)CCCOc1ccccc1. The van der Waals surface area contributed by atoms with Crippen LogP contribution in [0.3, 0.4) is 0 Å². The largest absolute Gasteiger partial charge is 0.494 e. The highest BCUT2D eigenvalue weighted by atomic mass is 35.5. The minimum absolute atomic E-state index is 0.0821. The zero-order chi connectivity index (χ0) is 26.6. The van der Waals surface area contributed by atoms with Crippen LogP contribution >= 0.6 is 11.6 Å². The lowest BCUT2D eigenvalue weighted by atomic mass is 9.94. The summed E-state index contributed by atoms with van der Waals surface area (Å²) < 4.78 is 5.81. The van der Waals surface area contributed by atoms with Crippen molar-refractivity contribution in [3.05, 3.63) is 101 Å². The molecule has 1 fully saturated rings. The van der Waals surface area contributed by atoms with Crippen LogP contribution in [0.4, 0.5) is 0 Å². The predicted molar refractivity (Wildman–Crippen MR) is 152 cm³/mol. The number of hydrogen-bond acceptors (Lipinski definition) is 3. The molecule has 4 rings (SSSR count). The Kier molecular flexibility index (Phi) is 10.6. The highest BCUT2D eigenvalue weighted by Crippen LogP contribution is 2.23. The average molecular weight is 533 g/mol. The lowest BCUT2D eigenvalue weighted by Crippen LogP contribution is -2.52. The number of nitrogens with zero attached hydrogens (tertiary/aromatic N) is 1. The van der Waals surface area contributed by atoms with Crippen molar-refractivity contribution in [1.82, 2.24) is 10.2 Å². The summed E-state index contributed by atoms with van der Waals surface area (Å²) >= 11 is 6.51. The monoisotopic (exact) mass is 532 g/mol. The Morgan fingerprint density at radius 3 is 2.26 bits per heavy atom. The van der Waals surface area contributed by atoms with Crippen molar-refractivity contribution in [2.45, 2.75) is 70.0 Å². The Hall–Kier alpha value is -3.31. The number of halogens is 1. The van der Waals surface area contributed by atoms with Gasteiger partial charge in [-0.15, -0.1) is 0 Å². The standard InChI is InChI=1S/C32H37ClN2O3/c33-29-20-11-10-15-26(29)24-35(31(36)21-12-22-38-28-18-8-3-9-19-28)30(23-25-13-4-1-5-14-25)32(37)34-27-16-6-2-7-17-27/h1,3-5,8-11,13-15,18-20,27,30H,2,6-7,12,16-17,21-24H2,(H,34,37)/t30-/m1/s1. The lowest BCUT2D eigenvalue weighted by Gasteiger charge is -2.33. The van der Waals surface area contributed by atoms with Crippen LogP contribution in [0.1, 0.15) is 56.1 Å². The summed E-state index contributed by atoms with van der Waals surface area (Å²) in [4.78, 5) is 29.3. The molecule has 3 aromatic rings. The normalized spacial score (nSPS) is 14.4. The van der Waals surface area contributed by atoms with Crippen LogP contribution in [-0.4, -0.2) is 35.4 Å². The van der Waals surface area contributed by atoms with Crippen molar-refractivity contribution in [2.24, 2.45) is 0 Å². The number of nitrogens with one attached hydrogen (secondary N) is 1. The predicted octanol–water partition coefficient (Wildman–Crippen LogP) is 6.59. The third-order valence-electron chi connectivity index (χ3n) is 7.07. The molecule has 0 aromatic heterocycles. The second-order valence-corrected chi connectivity index (χ2v) is 10.3. The molecule has 200 valence electrons. The summed E-state index contributed by atoms with van der Waals surface area (Å²) in [6, 6.07) is 26.5. The Morgan fingerprint density at radius 2 is 1.55 bits per heavy atom. The van der Waals surface area contributed by atoms with E-state index in [-0.39, 0.29) is 30.8 Å². The molecule has 2 amide bonds. The summed E-state index contributed by atoms with van der Waals surface area (Å²) in [6.07, 6.45) is 6.69. The van der Waals surface area contributed by atoms with Gasteiger partial charge in [0, 0.05) is 30.5 Å². The molecule has 1 aliphatic carbocycles. The van der Waals surface area contributed by atoms with E-state index in [1.54, 1.807) is 4.90 Å². The van der Waals surface area contributed by atoms with E-state index in [1.807, 2.05) is 84.9 Å².